The number of hydrogen-bond acceptors (Lipinski definition) is 4. The molecule has 104 valence electrons. The van der Waals surface area contributed by atoms with Gasteiger partial charge in [0.2, 0.25) is 0 Å². The third-order valence-electron chi connectivity index (χ3n) is 3.52. The highest BCUT2D eigenvalue weighted by atomic mass is 79.9. The van der Waals surface area contributed by atoms with Crippen molar-refractivity contribution in [1.82, 2.24) is 0 Å². The monoisotopic (exact) mass is 436 g/mol. The van der Waals surface area contributed by atoms with Crippen molar-refractivity contribution in [2.75, 3.05) is 18.8 Å². The molecule has 0 aromatic heterocycles. The molecule has 0 spiro atoms. The highest BCUT2D eigenvalue weighted by Crippen LogP contribution is 2.65. The van der Waals surface area contributed by atoms with Crippen LogP contribution in [-0.2, 0) is 9.84 Å². The first kappa shape index (κ1) is 15.7. The highest BCUT2D eigenvalue weighted by molar-refractivity contribution is 9.28. The summed E-state index contributed by atoms with van der Waals surface area (Å²) in [7, 11) is -3.14. The van der Waals surface area contributed by atoms with Gasteiger partial charge in [-0.3, -0.25) is 0 Å². The van der Waals surface area contributed by atoms with Crippen molar-refractivity contribution in [3.63, 3.8) is 0 Å². The van der Waals surface area contributed by atoms with Crippen LogP contribution in [0, 0.1) is 0 Å². The van der Waals surface area contributed by atoms with E-state index in [4.69, 9.17) is 0 Å². The number of halogens is 2. The van der Waals surface area contributed by atoms with Gasteiger partial charge < -0.3 is 0 Å². The van der Waals surface area contributed by atoms with Crippen LogP contribution in [0.2, 0.25) is 0 Å². The maximum Gasteiger partial charge on any atom is 0.271 e. The van der Waals surface area contributed by atoms with Gasteiger partial charge in [0.05, 0.1) is 10.5 Å². The second-order valence-corrected chi connectivity index (χ2v) is 14.1. The number of rotatable bonds is 2. The predicted molar refractivity (Wildman–Crippen MR) is 88.1 cm³/mol. The van der Waals surface area contributed by atoms with Crippen LogP contribution in [0.15, 0.2) is 0 Å². The average molecular weight is 438 g/mol. The van der Waals surface area contributed by atoms with E-state index >= 15 is 0 Å². The summed E-state index contributed by atoms with van der Waals surface area (Å²) in [6.07, 6.45) is 0. The molecule has 0 unspecified atom stereocenters. The lowest BCUT2D eigenvalue weighted by molar-refractivity contribution is -0.515. The SMILES string of the molecule is CC[N+](CC)=C1S[C@H]2CS(=O)(=O)C(Br)(Br)[C@]2(C)S1. The van der Waals surface area contributed by atoms with Crippen molar-refractivity contribution in [3.05, 3.63) is 0 Å². The van der Waals surface area contributed by atoms with Crippen LogP contribution >= 0.6 is 55.4 Å². The number of hydrogen-bond donors (Lipinski definition) is 0. The minimum atomic E-state index is -3.14. The van der Waals surface area contributed by atoms with Gasteiger partial charge in [-0.05, 0) is 44.3 Å². The maximum atomic E-state index is 12.2. The molecular weight excluding hydrogens is 422 g/mol. The van der Waals surface area contributed by atoms with Gasteiger partial charge in [-0.1, -0.05) is 31.9 Å². The molecule has 0 radical (unpaired) electrons. The van der Waals surface area contributed by atoms with E-state index in [9.17, 15) is 8.42 Å². The Kier molecular flexibility index (Phi) is 4.29. The first-order valence-corrected chi connectivity index (χ1v) is 10.7. The number of sulfone groups is 1. The first-order chi connectivity index (χ1) is 8.19. The number of nitrogens with zero attached hydrogens (tertiary/aromatic N) is 1. The number of fused-ring (bicyclic) bond motifs is 1. The number of thioether (sulfide) groups is 2. The van der Waals surface area contributed by atoms with E-state index in [1.807, 2.05) is 6.92 Å². The lowest BCUT2D eigenvalue weighted by atomic mass is 10.1. The zero-order chi connectivity index (χ0) is 13.8. The van der Waals surface area contributed by atoms with Gasteiger partial charge in [0, 0.05) is 5.25 Å². The normalized spacial score (nSPS) is 36.7. The highest BCUT2D eigenvalue weighted by Gasteiger charge is 2.70. The van der Waals surface area contributed by atoms with Crippen molar-refractivity contribution < 1.29 is 13.0 Å². The molecule has 2 rings (SSSR count). The third-order valence-corrected chi connectivity index (χ3v) is 14.5. The van der Waals surface area contributed by atoms with Crippen molar-refractivity contribution in [3.8, 4) is 0 Å². The van der Waals surface area contributed by atoms with Crippen LogP contribution < -0.4 is 0 Å². The fourth-order valence-electron chi connectivity index (χ4n) is 2.18. The molecule has 2 aliphatic heterocycles. The van der Waals surface area contributed by atoms with Crippen LogP contribution in [0.4, 0.5) is 0 Å². The molecule has 0 aromatic rings. The van der Waals surface area contributed by atoms with Crippen LogP contribution in [0.5, 0.6) is 0 Å². The zero-order valence-corrected chi connectivity index (χ0v) is 16.1. The lowest BCUT2D eigenvalue weighted by Crippen LogP contribution is -2.41. The Morgan fingerprint density at radius 1 is 1.39 bits per heavy atom. The van der Waals surface area contributed by atoms with Gasteiger partial charge in [-0.15, -0.1) is 0 Å². The van der Waals surface area contributed by atoms with Gasteiger partial charge in [-0.2, -0.15) is 0 Å². The Hall–Kier alpha value is 1.28. The van der Waals surface area contributed by atoms with Crippen molar-refractivity contribution in [1.29, 1.82) is 0 Å². The largest absolute Gasteiger partial charge is 0.271 e. The molecule has 0 bridgehead atoms. The van der Waals surface area contributed by atoms with Crippen molar-refractivity contribution in [2.24, 2.45) is 0 Å². The molecule has 0 aromatic carbocycles. The molecule has 18 heavy (non-hydrogen) atoms. The second kappa shape index (κ2) is 4.93. The Labute approximate surface area is 134 Å². The standard InChI is InChI=1S/C10H16Br2NO2S3/c1-4-13(5-2)8-16-7-6-18(14,15)10(11,12)9(7,3)17-8/h7H,4-6H2,1-3H3/q+1/t7-,9+/m0/s1. The molecule has 0 N–H and O–H groups in total. The zero-order valence-electron chi connectivity index (χ0n) is 10.4. The smallest absolute Gasteiger partial charge is 0.226 e. The summed E-state index contributed by atoms with van der Waals surface area (Å²) < 4.78 is 26.5. The summed E-state index contributed by atoms with van der Waals surface area (Å²) >= 11 is 10.2. The topological polar surface area (TPSA) is 37.1 Å². The van der Waals surface area contributed by atoms with Gasteiger partial charge in [0.15, 0.2) is 12.4 Å². The van der Waals surface area contributed by atoms with Gasteiger partial charge in [-0.25, -0.2) is 13.0 Å². The minimum absolute atomic E-state index is 0.0989. The fraction of sp³-hybridized carbons (Fsp3) is 0.900. The van der Waals surface area contributed by atoms with E-state index in [1.165, 1.54) is 4.38 Å². The summed E-state index contributed by atoms with van der Waals surface area (Å²) in [6, 6.07) is 0. The Morgan fingerprint density at radius 2 is 1.94 bits per heavy atom. The van der Waals surface area contributed by atoms with Crippen molar-refractivity contribution in [2.45, 2.75) is 33.3 Å². The molecule has 0 amide bonds. The van der Waals surface area contributed by atoms with E-state index in [-0.39, 0.29) is 15.7 Å². The van der Waals surface area contributed by atoms with Gasteiger partial charge in [0.1, 0.15) is 13.1 Å². The molecule has 0 saturated carbocycles. The van der Waals surface area contributed by atoms with Gasteiger partial charge >= 0.3 is 0 Å². The number of alkyl halides is 2. The minimum Gasteiger partial charge on any atom is -0.226 e. The summed E-state index contributed by atoms with van der Waals surface area (Å²) in [5.41, 5.74) is 0. The molecule has 2 saturated heterocycles. The quantitative estimate of drug-likeness (QED) is 0.491. The molecule has 3 nitrogen and oxygen atoms in total. The Bertz CT molecular complexity index is 497. The Balaban J connectivity index is 2.44. The average Bonchev–Trinajstić information content (AvgIpc) is 2.63. The summed E-state index contributed by atoms with van der Waals surface area (Å²) in [4.78, 5) is 0. The summed E-state index contributed by atoms with van der Waals surface area (Å²) in [5.74, 6) is 0.225. The molecule has 2 aliphatic rings. The van der Waals surface area contributed by atoms with E-state index in [2.05, 4.69) is 50.3 Å². The summed E-state index contributed by atoms with van der Waals surface area (Å²) in [5, 5.41) is 0.0989. The molecular formula is C10H16Br2NO2S3+. The van der Waals surface area contributed by atoms with Crippen molar-refractivity contribution >= 4 is 69.6 Å². The van der Waals surface area contributed by atoms with Crippen LogP contribution in [0.3, 0.4) is 0 Å². The molecule has 2 fully saturated rings. The summed E-state index contributed by atoms with van der Waals surface area (Å²) in [6.45, 7) is 8.19. The van der Waals surface area contributed by atoms with E-state index in [1.54, 1.807) is 23.5 Å². The van der Waals surface area contributed by atoms with E-state index in [0.717, 1.165) is 13.1 Å². The third kappa shape index (κ3) is 2.05. The van der Waals surface area contributed by atoms with Crippen LogP contribution in [-0.4, -0.2) is 48.8 Å². The predicted octanol–water partition coefficient (Wildman–Crippen LogP) is 2.87. The molecule has 0 aliphatic carbocycles. The molecule has 8 heteroatoms. The fourth-order valence-corrected chi connectivity index (χ4v) is 11.0. The first-order valence-electron chi connectivity index (χ1n) is 5.77. The lowest BCUT2D eigenvalue weighted by Gasteiger charge is -2.29. The van der Waals surface area contributed by atoms with Gasteiger partial charge in [0.25, 0.3) is 4.38 Å². The van der Waals surface area contributed by atoms with E-state index < -0.39 is 12.4 Å². The van der Waals surface area contributed by atoms with E-state index in [0.29, 0.717) is 0 Å². The van der Waals surface area contributed by atoms with Crippen LogP contribution in [0.25, 0.3) is 0 Å². The molecule has 2 atom stereocenters. The second-order valence-electron chi connectivity index (χ2n) is 4.55. The van der Waals surface area contributed by atoms with Crippen LogP contribution in [0.1, 0.15) is 20.8 Å². The Morgan fingerprint density at radius 3 is 2.39 bits per heavy atom. The molecule has 2 heterocycles. The maximum absolute atomic E-state index is 12.2.